The van der Waals surface area contributed by atoms with Gasteiger partial charge in [0.15, 0.2) is 5.16 Å². The first kappa shape index (κ1) is 24.7. The number of amides is 1. The van der Waals surface area contributed by atoms with Crippen molar-refractivity contribution in [3.05, 3.63) is 63.9 Å². The van der Waals surface area contributed by atoms with Gasteiger partial charge in [-0.15, -0.1) is 0 Å². The number of rotatable bonds is 10. The summed E-state index contributed by atoms with van der Waals surface area (Å²) in [5.74, 6) is 0.847. The lowest BCUT2D eigenvalue weighted by Gasteiger charge is -2.26. The van der Waals surface area contributed by atoms with Crippen LogP contribution in [0.15, 0.2) is 58.5 Å². The van der Waals surface area contributed by atoms with Crippen molar-refractivity contribution in [2.24, 2.45) is 0 Å². The number of unbranched alkanes of at least 4 members (excludes halogenated alkanes) is 1. The number of ether oxygens (including phenoxy) is 1. The fourth-order valence-electron chi connectivity index (χ4n) is 3.84. The van der Waals surface area contributed by atoms with E-state index in [0.717, 1.165) is 57.1 Å². The van der Waals surface area contributed by atoms with Gasteiger partial charge in [-0.05, 0) is 49.2 Å². The molecule has 1 aromatic heterocycles. The number of nitrogens with one attached hydrogen (secondary N) is 1. The van der Waals surface area contributed by atoms with Crippen molar-refractivity contribution in [1.82, 2.24) is 19.8 Å². The average molecular weight is 501 g/mol. The molecule has 0 radical (unpaired) electrons. The molecule has 7 nitrogen and oxygen atoms in total. The number of carbonyl (C=O) groups is 1. The highest BCUT2D eigenvalue weighted by Gasteiger charge is 2.14. The minimum atomic E-state index is -0.102. The summed E-state index contributed by atoms with van der Waals surface area (Å²) in [7, 11) is 0. The zero-order valence-electron chi connectivity index (χ0n) is 19.0. The van der Waals surface area contributed by atoms with E-state index < -0.39 is 0 Å². The summed E-state index contributed by atoms with van der Waals surface area (Å²) in [4.78, 5) is 32.4. The van der Waals surface area contributed by atoms with Crippen molar-refractivity contribution < 1.29 is 9.53 Å². The minimum Gasteiger partial charge on any atom is -0.379 e. The Kier molecular flexibility index (Phi) is 8.98. The zero-order valence-corrected chi connectivity index (χ0v) is 20.6. The van der Waals surface area contributed by atoms with Gasteiger partial charge in [0.25, 0.3) is 5.56 Å². The van der Waals surface area contributed by atoms with Crippen molar-refractivity contribution in [2.75, 3.05) is 45.1 Å². The third-order valence-corrected chi connectivity index (χ3v) is 6.99. The molecule has 2 aromatic carbocycles. The molecule has 9 heteroatoms. The van der Waals surface area contributed by atoms with Gasteiger partial charge in [-0.2, -0.15) is 0 Å². The normalized spacial score (nSPS) is 14.4. The lowest BCUT2D eigenvalue weighted by Crippen LogP contribution is -2.41. The molecule has 0 aliphatic carbocycles. The van der Waals surface area contributed by atoms with Crippen LogP contribution in [0.4, 0.5) is 0 Å². The molecule has 1 aliphatic heterocycles. The number of carbonyl (C=O) groups excluding carboxylic acids is 1. The summed E-state index contributed by atoms with van der Waals surface area (Å²) in [6.07, 6.45) is 2.14. The Morgan fingerprint density at radius 3 is 2.65 bits per heavy atom. The van der Waals surface area contributed by atoms with Gasteiger partial charge in [0, 0.05) is 43.4 Å². The second-order valence-corrected chi connectivity index (χ2v) is 9.64. The predicted molar refractivity (Wildman–Crippen MR) is 137 cm³/mol. The van der Waals surface area contributed by atoms with Gasteiger partial charge < -0.3 is 10.1 Å². The number of benzene rings is 2. The average Bonchev–Trinajstić information content (AvgIpc) is 2.85. The highest BCUT2D eigenvalue weighted by Crippen LogP contribution is 2.23. The molecular weight excluding hydrogens is 472 g/mol. The molecule has 0 saturated carbocycles. The first-order chi connectivity index (χ1) is 16.6. The molecular formula is C25H29ClN4O3S. The Morgan fingerprint density at radius 1 is 1.09 bits per heavy atom. The van der Waals surface area contributed by atoms with E-state index in [2.05, 4.69) is 10.2 Å². The lowest BCUT2D eigenvalue weighted by molar-refractivity contribution is -0.121. The van der Waals surface area contributed by atoms with Crippen molar-refractivity contribution in [1.29, 1.82) is 0 Å². The van der Waals surface area contributed by atoms with Gasteiger partial charge in [-0.25, -0.2) is 4.98 Å². The Morgan fingerprint density at radius 2 is 1.85 bits per heavy atom. The van der Waals surface area contributed by atoms with E-state index >= 15 is 0 Å². The second kappa shape index (κ2) is 12.4. The van der Waals surface area contributed by atoms with Gasteiger partial charge in [0.1, 0.15) is 0 Å². The maximum Gasteiger partial charge on any atom is 0.266 e. The standard InChI is InChI=1S/C25H29ClN4O3S/c26-19-8-10-20(11-9-19)30-24(32)21-5-1-2-6-22(21)28-25(30)34-18-4-3-7-23(31)27-12-13-29-14-16-33-17-15-29/h1-2,5-6,8-11H,3-4,7,12-18H2,(H,27,31). The summed E-state index contributed by atoms with van der Waals surface area (Å²) >= 11 is 7.57. The van der Waals surface area contributed by atoms with E-state index in [4.69, 9.17) is 21.3 Å². The Hall–Kier alpha value is -2.39. The van der Waals surface area contributed by atoms with Gasteiger partial charge in [-0.1, -0.05) is 35.5 Å². The van der Waals surface area contributed by atoms with Crippen molar-refractivity contribution >= 4 is 40.2 Å². The number of aromatic nitrogens is 2. The molecule has 1 aliphatic rings. The number of fused-ring (bicyclic) bond motifs is 1. The predicted octanol–water partition coefficient (Wildman–Crippen LogP) is 3.75. The van der Waals surface area contributed by atoms with E-state index in [9.17, 15) is 9.59 Å². The molecule has 0 spiro atoms. The van der Waals surface area contributed by atoms with Gasteiger partial charge in [0.2, 0.25) is 5.91 Å². The number of hydrogen-bond donors (Lipinski definition) is 1. The van der Waals surface area contributed by atoms with Crippen molar-refractivity contribution in [3.63, 3.8) is 0 Å². The fraction of sp³-hybridized carbons (Fsp3) is 0.400. The molecule has 2 heterocycles. The van der Waals surface area contributed by atoms with Crippen LogP contribution in [-0.4, -0.2) is 65.5 Å². The Bertz CT molecular complexity index is 1160. The maximum absolute atomic E-state index is 13.2. The van der Waals surface area contributed by atoms with E-state index in [1.807, 2.05) is 30.3 Å². The van der Waals surface area contributed by atoms with Crippen LogP contribution in [0.3, 0.4) is 0 Å². The first-order valence-corrected chi connectivity index (χ1v) is 13.0. The topological polar surface area (TPSA) is 76.5 Å². The van der Waals surface area contributed by atoms with Crippen LogP contribution in [0.25, 0.3) is 16.6 Å². The number of morpholine rings is 1. The highest BCUT2D eigenvalue weighted by atomic mass is 35.5. The van der Waals surface area contributed by atoms with Gasteiger partial charge in [-0.3, -0.25) is 19.1 Å². The zero-order chi connectivity index (χ0) is 23.8. The fourth-order valence-corrected chi connectivity index (χ4v) is 4.98. The minimum absolute atomic E-state index is 0.0835. The van der Waals surface area contributed by atoms with Crippen molar-refractivity contribution in [3.8, 4) is 5.69 Å². The number of para-hydroxylation sites is 1. The summed E-state index contributed by atoms with van der Waals surface area (Å²) in [6.45, 7) is 4.92. The van der Waals surface area contributed by atoms with Crippen molar-refractivity contribution in [2.45, 2.75) is 24.4 Å². The largest absolute Gasteiger partial charge is 0.379 e. The summed E-state index contributed by atoms with van der Waals surface area (Å²) in [6, 6.07) is 14.6. The van der Waals surface area contributed by atoms with Crippen LogP contribution < -0.4 is 10.9 Å². The molecule has 0 unspecified atom stereocenters. The molecule has 0 atom stereocenters. The second-order valence-electron chi connectivity index (χ2n) is 8.14. The first-order valence-electron chi connectivity index (χ1n) is 11.6. The Balaban J connectivity index is 1.31. The molecule has 180 valence electrons. The quantitative estimate of drug-likeness (QED) is 0.259. The van der Waals surface area contributed by atoms with E-state index in [1.54, 1.807) is 22.8 Å². The van der Waals surface area contributed by atoms with Crippen LogP contribution in [-0.2, 0) is 9.53 Å². The number of nitrogens with zero attached hydrogens (tertiary/aromatic N) is 3. The van der Waals surface area contributed by atoms with E-state index in [1.165, 1.54) is 11.8 Å². The van der Waals surface area contributed by atoms with Crippen LogP contribution in [0.5, 0.6) is 0 Å². The number of thioether (sulfide) groups is 1. The van der Waals surface area contributed by atoms with Crippen LogP contribution in [0.2, 0.25) is 5.02 Å². The van der Waals surface area contributed by atoms with Gasteiger partial charge in [0.05, 0.1) is 29.8 Å². The van der Waals surface area contributed by atoms with Gasteiger partial charge >= 0.3 is 0 Å². The molecule has 1 fully saturated rings. The van der Waals surface area contributed by atoms with E-state index in [-0.39, 0.29) is 11.5 Å². The van der Waals surface area contributed by atoms with Crippen LogP contribution >= 0.6 is 23.4 Å². The highest BCUT2D eigenvalue weighted by molar-refractivity contribution is 7.99. The molecule has 3 aromatic rings. The maximum atomic E-state index is 13.2. The van der Waals surface area contributed by atoms with Crippen LogP contribution in [0, 0.1) is 0 Å². The summed E-state index contributed by atoms with van der Waals surface area (Å²) in [5.41, 5.74) is 1.31. The summed E-state index contributed by atoms with van der Waals surface area (Å²) < 4.78 is 6.98. The molecule has 1 amide bonds. The number of halogens is 1. The Labute approximate surface area is 208 Å². The molecule has 1 N–H and O–H groups in total. The third-order valence-electron chi connectivity index (χ3n) is 5.71. The van der Waals surface area contributed by atoms with E-state index in [0.29, 0.717) is 34.0 Å². The lowest BCUT2D eigenvalue weighted by atomic mass is 10.2. The number of hydrogen-bond acceptors (Lipinski definition) is 6. The molecule has 1 saturated heterocycles. The SMILES string of the molecule is O=C(CCCCSc1nc2ccccc2c(=O)n1-c1ccc(Cl)cc1)NCCN1CCOCC1. The smallest absolute Gasteiger partial charge is 0.266 e. The molecule has 0 bridgehead atoms. The molecule has 4 rings (SSSR count). The third kappa shape index (κ3) is 6.60. The van der Waals surface area contributed by atoms with Crippen LogP contribution in [0.1, 0.15) is 19.3 Å². The monoisotopic (exact) mass is 500 g/mol. The summed E-state index contributed by atoms with van der Waals surface area (Å²) in [5, 5.41) is 4.84. The molecule has 34 heavy (non-hydrogen) atoms.